The minimum Gasteiger partial charge on any atom is -0.479 e. The monoisotopic (exact) mass is 560 g/mol. The molecule has 0 aliphatic carbocycles. The van der Waals surface area contributed by atoms with Gasteiger partial charge in [-0.25, -0.2) is 4.79 Å². The molecule has 13 heteroatoms. The van der Waals surface area contributed by atoms with Gasteiger partial charge in [0, 0.05) is 15.4 Å². The van der Waals surface area contributed by atoms with Gasteiger partial charge in [-0.05, 0) is 47.1 Å². The number of carbonyl (C=O) groups excluding carboxylic acids is 5. The summed E-state index contributed by atoms with van der Waals surface area (Å²) in [7, 11) is 1.31. The van der Waals surface area contributed by atoms with Crippen LogP contribution in [0.4, 0.5) is 0 Å². The Kier molecular flexibility index (Phi) is 11.9. The molecule has 0 aromatic carbocycles. The number of carboxylic acid groups (broad SMARTS) is 1. The van der Waals surface area contributed by atoms with Gasteiger partial charge in [-0.3, -0.25) is 24.0 Å². The Labute approximate surface area is 230 Å². The number of carboxylic acids is 1. The van der Waals surface area contributed by atoms with E-state index in [4.69, 9.17) is 1.37 Å². The largest absolute Gasteiger partial charge is 0.479 e. The molecule has 224 valence electrons. The Morgan fingerprint density at radius 2 is 1.38 bits per heavy atom. The second-order valence-corrected chi connectivity index (χ2v) is 10.2. The van der Waals surface area contributed by atoms with Crippen molar-refractivity contribution in [2.24, 2.45) is 5.92 Å². The van der Waals surface area contributed by atoms with Crippen LogP contribution < -0.4 is 5.32 Å². The van der Waals surface area contributed by atoms with E-state index in [0.29, 0.717) is 23.1 Å². The Hall–Kier alpha value is -2.74. The molecule has 0 aliphatic heterocycles. The summed E-state index contributed by atoms with van der Waals surface area (Å²) in [6.07, 6.45) is -3.10. The van der Waals surface area contributed by atoms with E-state index in [1.807, 2.05) is 0 Å². The van der Waals surface area contributed by atoms with E-state index in [9.17, 15) is 49.2 Å². The molecule has 0 fully saturated rings. The van der Waals surface area contributed by atoms with E-state index >= 15 is 0 Å². The molecule has 0 radical (unpaired) electrons. The Balaban J connectivity index is 8.24. The molecule has 39 heavy (non-hydrogen) atoms. The highest BCUT2D eigenvalue weighted by Crippen LogP contribution is 2.39. The zero-order valence-corrected chi connectivity index (χ0v) is 24.3. The van der Waals surface area contributed by atoms with Crippen LogP contribution in [0.15, 0.2) is 0 Å². The number of aliphatic hydroxyl groups is 3. The van der Waals surface area contributed by atoms with Crippen molar-refractivity contribution in [1.82, 2.24) is 15.1 Å². The number of aliphatic carboxylic acids is 1. The highest BCUT2D eigenvalue weighted by molar-refractivity contribution is 6.30. The van der Waals surface area contributed by atoms with Gasteiger partial charge in [0.2, 0.25) is 11.4 Å². The molecule has 0 aliphatic rings. The molecule has 2 amide bonds. The molecule has 0 spiro atoms. The molecule has 0 saturated heterocycles. The summed E-state index contributed by atoms with van der Waals surface area (Å²) >= 11 is 0. The smallest absolute Gasteiger partial charge is 0.343 e. The lowest BCUT2D eigenvalue weighted by Gasteiger charge is -2.51. The van der Waals surface area contributed by atoms with E-state index in [2.05, 4.69) is 5.32 Å². The first kappa shape index (κ1) is 34.3. The second kappa shape index (κ2) is 13.6. The second-order valence-electron chi connectivity index (χ2n) is 10.2. The molecular weight excluding hydrogens is 514 g/mol. The van der Waals surface area contributed by atoms with Gasteiger partial charge in [0.05, 0.1) is 6.04 Å². The molecule has 0 rings (SSSR count). The highest BCUT2D eigenvalue weighted by Gasteiger charge is 2.67. The standard InChI is InChI=1S/C26H45N3O10/c1-11-13-17(27-8)18(32)24(6,28(9)19(33)15(4)30)21(35)26(14(3)12-2,29(10)20(34)16(5)31)22(36)25(7,39)23(37)38/h14-17,27,30-31,39H,11-13H2,1-10H3,(H,37,38)/t14-,15+,16+,17-,24+,25-,26+/m0/s1/i9D. The van der Waals surface area contributed by atoms with Crippen molar-refractivity contribution in [3.63, 3.8) is 0 Å². The molecular formula is C26H45N3O10. The number of Topliss-reactive ketones (excluding diaryl/α,β-unsaturated/α-hetero) is 3. The molecule has 0 aromatic rings. The van der Waals surface area contributed by atoms with Crippen molar-refractivity contribution >= 4 is 35.1 Å². The normalized spacial score (nSPS) is 19.5. The molecule has 0 saturated carbocycles. The summed E-state index contributed by atoms with van der Waals surface area (Å²) in [5.74, 6) is -9.92. The van der Waals surface area contributed by atoms with Crippen LogP contribution in [0.2, 0.25) is 0 Å². The van der Waals surface area contributed by atoms with E-state index in [-0.39, 0.29) is 12.8 Å². The quantitative estimate of drug-likeness (QED) is 0.147. The number of nitrogens with zero attached hydrogens (tertiary/aromatic N) is 2. The van der Waals surface area contributed by atoms with Crippen molar-refractivity contribution in [2.45, 2.75) is 103 Å². The zero-order valence-electron chi connectivity index (χ0n) is 25.3. The Morgan fingerprint density at radius 1 is 0.923 bits per heavy atom. The molecule has 0 aromatic heterocycles. The minimum absolute atomic E-state index is 0.0788. The number of carbonyl (C=O) groups is 6. The maximum atomic E-state index is 15.0. The van der Waals surface area contributed by atoms with Crippen molar-refractivity contribution < 1.29 is 50.6 Å². The van der Waals surface area contributed by atoms with Crippen LogP contribution in [0.25, 0.3) is 0 Å². The summed E-state index contributed by atoms with van der Waals surface area (Å²) in [6.45, 7) is 8.23. The van der Waals surface area contributed by atoms with Gasteiger partial charge >= 0.3 is 5.97 Å². The molecule has 0 unspecified atom stereocenters. The van der Waals surface area contributed by atoms with Gasteiger partial charge in [-0.1, -0.05) is 33.6 Å². The first-order valence-corrected chi connectivity index (χ1v) is 12.8. The van der Waals surface area contributed by atoms with Gasteiger partial charge in [-0.2, -0.15) is 0 Å². The number of hydrogen-bond acceptors (Lipinski definition) is 10. The number of hydrogen-bond donors (Lipinski definition) is 5. The molecule has 7 atom stereocenters. The first-order valence-electron chi connectivity index (χ1n) is 13.5. The topological polar surface area (TPSA) is 202 Å². The van der Waals surface area contributed by atoms with Crippen LogP contribution in [0.1, 0.15) is 69.1 Å². The van der Waals surface area contributed by atoms with E-state index in [0.717, 1.165) is 27.8 Å². The fourth-order valence-electron chi connectivity index (χ4n) is 4.62. The van der Waals surface area contributed by atoms with Crippen LogP contribution in [-0.4, -0.2) is 121 Å². The summed E-state index contributed by atoms with van der Waals surface area (Å²) in [5.41, 5.74) is -8.95. The molecule has 5 N–H and O–H groups in total. The van der Waals surface area contributed by atoms with E-state index < -0.39 is 83.0 Å². The zero-order chi connectivity index (χ0) is 32.0. The number of rotatable bonds is 16. The van der Waals surface area contributed by atoms with Gasteiger partial charge in [0.25, 0.3) is 11.8 Å². The predicted molar refractivity (Wildman–Crippen MR) is 141 cm³/mol. The van der Waals surface area contributed by atoms with Gasteiger partial charge in [-0.15, -0.1) is 0 Å². The summed E-state index contributed by atoms with van der Waals surface area (Å²) in [6, 6.07) is -1.11. The highest BCUT2D eigenvalue weighted by atomic mass is 16.4. The minimum atomic E-state index is -3.28. The number of likely N-dealkylation sites (N-methyl/N-ethyl adjacent to an activating group) is 3. The fraction of sp³-hybridized carbons (Fsp3) is 0.769. The SMILES string of the molecule is [2H]CN(C(=O)[C@@H](C)O)[C@](C)(C(=O)[C@H](CCC)NC)C(=O)[C@@](C(=O)[C@](C)(O)C(=O)O)([C@@H](C)CC)N(C)C(=O)[C@@H](C)O. The average Bonchev–Trinajstić information content (AvgIpc) is 2.90. The Bertz CT molecular complexity index is 986. The maximum Gasteiger partial charge on any atom is 0.343 e. The average molecular weight is 561 g/mol. The number of nitrogens with one attached hydrogen (secondary N) is 1. The third-order valence-corrected chi connectivity index (χ3v) is 7.42. The van der Waals surface area contributed by atoms with E-state index in [1.165, 1.54) is 20.9 Å². The van der Waals surface area contributed by atoms with Crippen LogP contribution in [-0.2, 0) is 28.8 Å². The lowest BCUT2D eigenvalue weighted by molar-refractivity contribution is -0.180. The van der Waals surface area contributed by atoms with Gasteiger partial charge in [0.1, 0.15) is 12.2 Å². The van der Waals surface area contributed by atoms with Crippen LogP contribution in [0.3, 0.4) is 0 Å². The Morgan fingerprint density at radius 3 is 1.72 bits per heavy atom. The number of ketones is 3. The van der Waals surface area contributed by atoms with Crippen molar-refractivity contribution in [3.05, 3.63) is 0 Å². The first-order chi connectivity index (χ1) is 18.2. The maximum absolute atomic E-state index is 15.0. The summed E-state index contributed by atoms with van der Waals surface area (Å²) in [5, 5.41) is 43.5. The molecule has 13 nitrogen and oxygen atoms in total. The molecule has 0 heterocycles. The lowest BCUT2D eigenvalue weighted by atomic mass is 9.64. The van der Waals surface area contributed by atoms with Crippen LogP contribution in [0, 0.1) is 5.92 Å². The van der Waals surface area contributed by atoms with Crippen molar-refractivity contribution in [3.8, 4) is 0 Å². The van der Waals surface area contributed by atoms with E-state index in [1.54, 1.807) is 6.92 Å². The number of aliphatic hydroxyl groups excluding tert-OH is 2. The van der Waals surface area contributed by atoms with Crippen LogP contribution in [0.5, 0.6) is 0 Å². The third kappa shape index (κ3) is 6.37. The molecule has 0 bridgehead atoms. The van der Waals surface area contributed by atoms with Crippen molar-refractivity contribution in [2.75, 3.05) is 21.1 Å². The van der Waals surface area contributed by atoms with Gasteiger partial charge < -0.3 is 35.5 Å². The summed E-state index contributed by atoms with van der Waals surface area (Å²) in [4.78, 5) is 82.6. The van der Waals surface area contributed by atoms with Gasteiger partial charge in [0.15, 0.2) is 22.6 Å². The lowest BCUT2D eigenvalue weighted by Crippen LogP contribution is -2.78. The van der Waals surface area contributed by atoms with Crippen LogP contribution >= 0.6 is 0 Å². The van der Waals surface area contributed by atoms with Crippen molar-refractivity contribution in [1.29, 1.82) is 0 Å². The summed E-state index contributed by atoms with van der Waals surface area (Å²) < 4.78 is 8.06. The third-order valence-electron chi connectivity index (χ3n) is 7.42. The number of amides is 2. The predicted octanol–water partition coefficient (Wildman–Crippen LogP) is -0.861. The fourth-order valence-corrected chi connectivity index (χ4v) is 4.62.